The average molecular weight is 402 g/mol. The van der Waals surface area contributed by atoms with E-state index in [-0.39, 0.29) is 17.4 Å². The van der Waals surface area contributed by atoms with Crippen LogP contribution in [-0.2, 0) is 4.79 Å². The number of aromatic nitrogens is 3. The molecule has 4 rings (SSSR count). The van der Waals surface area contributed by atoms with E-state index in [1.165, 1.54) is 25.0 Å². The van der Waals surface area contributed by atoms with Crippen LogP contribution in [0.1, 0.15) is 17.3 Å². The minimum absolute atomic E-state index is 0.0418. The molecule has 0 atom stereocenters. The van der Waals surface area contributed by atoms with E-state index in [1.54, 1.807) is 24.3 Å². The molecule has 0 unspecified atom stereocenters. The number of nitrogens with zero attached hydrogens (tertiary/aromatic N) is 2. The van der Waals surface area contributed by atoms with Crippen LogP contribution in [0.4, 0.5) is 5.69 Å². The molecule has 2 aromatic heterocycles. The van der Waals surface area contributed by atoms with Crippen molar-refractivity contribution < 1.29 is 9.59 Å². The van der Waals surface area contributed by atoms with Gasteiger partial charge in [0.15, 0.2) is 5.78 Å². The molecule has 7 heteroatoms. The highest BCUT2D eigenvalue weighted by Gasteiger charge is 2.13. The number of amides is 1. The number of rotatable bonds is 6. The van der Waals surface area contributed by atoms with Crippen molar-refractivity contribution in [1.29, 1.82) is 0 Å². The number of nitrogens with one attached hydrogen (secondary N) is 2. The van der Waals surface area contributed by atoms with Gasteiger partial charge in [-0.1, -0.05) is 54.2 Å². The Morgan fingerprint density at radius 1 is 1.07 bits per heavy atom. The van der Waals surface area contributed by atoms with Crippen molar-refractivity contribution in [2.45, 2.75) is 11.9 Å². The highest BCUT2D eigenvalue weighted by atomic mass is 32.2. The fraction of sp³-hybridized carbons (Fsp3) is 0.0909. The van der Waals surface area contributed by atoms with E-state index in [0.717, 1.165) is 22.2 Å². The molecule has 0 radical (unpaired) electrons. The molecule has 6 nitrogen and oxygen atoms in total. The second-order valence-corrected chi connectivity index (χ2v) is 7.41. The van der Waals surface area contributed by atoms with Gasteiger partial charge < -0.3 is 10.3 Å². The summed E-state index contributed by atoms with van der Waals surface area (Å²) in [7, 11) is 0. The van der Waals surface area contributed by atoms with Crippen LogP contribution in [0, 0.1) is 0 Å². The normalized spacial score (nSPS) is 10.8. The molecule has 1 amide bonds. The lowest BCUT2D eigenvalue weighted by molar-refractivity contribution is -0.113. The van der Waals surface area contributed by atoms with Crippen LogP contribution in [0.25, 0.3) is 22.2 Å². The lowest BCUT2D eigenvalue weighted by atomic mass is 10.1. The van der Waals surface area contributed by atoms with Crippen LogP contribution >= 0.6 is 11.8 Å². The number of aromatic amines is 1. The summed E-state index contributed by atoms with van der Waals surface area (Å²) in [5.74, 6) is -0.0204. The molecule has 0 saturated carbocycles. The predicted molar refractivity (Wildman–Crippen MR) is 115 cm³/mol. The molecule has 0 aliphatic heterocycles. The lowest BCUT2D eigenvalue weighted by Crippen LogP contribution is -2.14. The Kier molecular flexibility index (Phi) is 5.39. The van der Waals surface area contributed by atoms with Gasteiger partial charge in [0.25, 0.3) is 0 Å². The number of H-pyrrole nitrogens is 1. The number of hydrogen-bond donors (Lipinski definition) is 2. The van der Waals surface area contributed by atoms with Gasteiger partial charge in [-0.05, 0) is 24.6 Å². The van der Waals surface area contributed by atoms with Crippen LogP contribution in [0.2, 0.25) is 0 Å². The van der Waals surface area contributed by atoms with Gasteiger partial charge in [-0.2, -0.15) is 0 Å². The third-order valence-electron chi connectivity index (χ3n) is 4.41. The van der Waals surface area contributed by atoms with Crippen molar-refractivity contribution in [2.24, 2.45) is 0 Å². The molecule has 0 aliphatic carbocycles. The number of benzene rings is 2. The number of thioether (sulfide) groups is 1. The second-order valence-electron chi connectivity index (χ2n) is 6.44. The van der Waals surface area contributed by atoms with Crippen LogP contribution in [0.3, 0.4) is 0 Å². The van der Waals surface area contributed by atoms with Gasteiger partial charge in [0.1, 0.15) is 16.9 Å². The third-order valence-corrected chi connectivity index (χ3v) is 5.40. The lowest BCUT2D eigenvalue weighted by Gasteiger charge is -2.06. The van der Waals surface area contributed by atoms with Crippen LogP contribution in [0.15, 0.2) is 72.1 Å². The Bertz CT molecular complexity index is 1190. The number of Topliss-reactive ketones (excluding diaryl/α,β-unsaturated/α-hetero) is 1. The zero-order chi connectivity index (χ0) is 20.2. The molecule has 0 bridgehead atoms. The summed E-state index contributed by atoms with van der Waals surface area (Å²) in [6, 6.07) is 16.9. The zero-order valence-corrected chi connectivity index (χ0v) is 16.5. The molecule has 4 aromatic rings. The number of ketones is 1. The summed E-state index contributed by atoms with van der Waals surface area (Å²) in [6.07, 6.45) is 3.42. The molecule has 144 valence electrons. The fourth-order valence-corrected chi connectivity index (χ4v) is 3.77. The summed E-state index contributed by atoms with van der Waals surface area (Å²) >= 11 is 1.33. The smallest absolute Gasteiger partial charge is 0.234 e. The van der Waals surface area contributed by atoms with Crippen molar-refractivity contribution in [2.75, 3.05) is 11.1 Å². The Morgan fingerprint density at radius 2 is 1.90 bits per heavy atom. The second kappa shape index (κ2) is 8.28. The van der Waals surface area contributed by atoms with E-state index in [1.807, 2.05) is 36.5 Å². The van der Waals surface area contributed by atoms with E-state index < -0.39 is 0 Å². The quantitative estimate of drug-likeness (QED) is 0.280. The van der Waals surface area contributed by atoms with Crippen molar-refractivity contribution in [3.8, 4) is 11.1 Å². The summed E-state index contributed by atoms with van der Waals surface area (Å²) < 4.78 is 0. The fourth-order valence-electron chi connectivity index (χ4n) is 3.01. The SMILES string of the molecule is CC(=O)c1cccc(NC(=O)CSc2ncnc3c(-c4ccccc4)c[nH]c23)c1. The van der Waals surface area contributed by atoms with Crippen LogP contribution in [0.5, 0.6) is 0 Å². The number of carbonyl (C=O) groups is 2. The Morgan fingerprint density at radius 3 is 2.69 bits per heavy atom. The standard InChI is InChI=1S/C22H18N4O2S/c1-14(27)16-8-5-9-17(10-16)26-19(28)12-29-22-21-20(24-13-25-22)18(11-23-21)15-6-3-2-4-7-15/h2-11,13,23H,12H2,1H3,(H,26,28). The van der Waals surface area contributed by atoms with Crippen LogP contribution < -0.4 is 5.32 Å². The minimum Gasteiger partial charge on any atom is -0.357 e. The van der Waals surface area contributed by atoms with Crippen molar-refractivity contribution in [1.82, 2.24) is 15.0 Å². The third kappa shape index (κ3) is 4.20. The monoisotopic (exact) mass is 402 g/mol. The van der Waals surface area contributed by atoms with Gasteiger partial charge in [-0.15, -0.1) is 0 Å². The summed E-state index contributed by atoms with van der Waals surface area (Å²) in [6.45, 7) is 1.50. The predicted octanol–water partition coefficient (Wildman–Crippen LogP) is 4.56. The number of fused-ring (bicyclic) bond motifs is 1. The van der Waals surface area contributed by atoms with E-state index in [2.05, 4.69) is 20.3 Å². The number of carbonyl (C=O) groups excluding carboxylic acids is 2. The van der Waals surface area contributed by atoms with Gasteiger partial charge in [0, 0.05) is 23.0 Å². The van der Waals surface area contributed by atoms with Gasteiger partial charge in [0.2, 0.25) is 5.91 Å². The molecule has 0 saturated heterocycles. The maximum atomic E-state index is 12.4. The van der Waals surface area contributed by atoms with E-state index in [0.29, 0.717) is 16.3 Å². The summed E-state index contributed by atoms with van der Waals surface area (Å²) in [5.41, 5.74) is 4.85. The highest BCUT2D eigenvalue weighted by Crippen LogP contribution is 2.31. The first-order valence-corrected chi connectivity index (χ1v) is 10.0. The minimum atomic E-state index is -0.169. The summed E-state index contributed by atoms with van der Waals surface area (Å²) in [5, 5.41) is 3.53. The number of hydrogen-bond acceptors (Lipinski definition) is 5. The van der Waals surface area contributed by atoms with E-state index in [4.69, 9.17) is 0 Å². The first-order valence-electron chi connectivity index (χ1n) is 9.03. The van der Waals surface area contributed by atoms with Crippen LogP contribution in [-0.4, -0.2) is 32.4 Å². The molecule has 2 aromatic carbocycles. The van der Waals surface area contributed by atoms with Gasteiger partial charge in [-0.25, -0.2) is 9.97 Å². The number of anilines is 1. The van der Waals surface area contributed by atoms with Crippen molar-refractivity contribution >= 4 is 40.2 Å². The molecule has 2 heterocycles. The first kappa shape index (κ1) is 18.9. The average Bonchev–Trinajstić information content (AvgIpc) is 3.18. The van der Waals surface area contributed by atoms with Crippen molar-refractivity contribution in [3.05, 3.63) is 72.7 Å². The van der Waals surface area contributed by atoms with E-state index in [9.17, 15) is 9.59 Å². The molecular formula is C22H18N4O2S. The largest absolute Gasteiger partial charge is 0.357 e. The van der Waals surface area contributed by atoms with Crippen molar-refractivity contribution in [3.63, 3.8) is 0 Å². The van der Waals surface area contributed by atoms with Gasteiger partial charge in [-0.3, -0.25) is 9.59 Å². The highest BCUT2D eigenvalue weighted by molar-refractivity contribution is 8.00. The Balaban J connectivity index is 1.49. The Hall–Kier alpha value is -3.45. The summed E-state index contributed by atoms with van der Waals surface area (Å²) in [4.78, 5) is 35.8. The van der Waals surface area contributed by atoms with Gasteiger partial charge in [0.05, 0.1) is 11.3 Å². The first-order chi connectivity index (χ1) is 14.1. The molecule has 0 fully saturated rings. The van der Waals surface area contributed by atoms with Gasteiger partial charge >= 0.3 is 0 Å². The molecular weight excluding hydrogens is 384 g/mol. The zero-order valence-electron chi connectivity index (χ0n) is 15.7. The molecule has 29 heavy (non-hydrogen) atoms. The topological polar surface area (TPSA) is 87.7 Å². The Labute approximate surface area is 171 Å². The molecule has 0 spiro atoms. The molecule has 2 N–H and O–H groups in total. The molecule has 0 aliphatic rings. The maximum Gasteiger partial charge on any atom is 0.234 e. The maximum absolute atomic E-state index is 12.4. The van der Waals surface area contributed by atoms with E-state index >= 15 is 0 Å².